The fourth-order valence-corrected chi connectivity index (χ4v) is 3.59. The third-order valence-electron chi connectivity index (χ3n) is 4.90. The summed E-state index contributed by atoms with van der Waals surface area (Å²) in [5.41, 5.74) is 8.89. The monoisotopic (exact) mass is 433 g/mol. The van der Waals surface area contributed by atoms with Gasteiger partial charge >= 0.3 is 0 Å². The summed E-state index contributed by atoms with van der Waals surface area (Å²) >= 11 is 6.17. The van der Waals surface area contributed by atoms with Crippen molar-refractivity contribution in [2.24, 2.45) is 5.73 Å². The lowest BCUT2D eigenvalue weighted by Gasteiger charge is -2.14. The van der Waals surface area contributed by atoms with E-state index in [0.717, 1.165) is 24.8 Å². The minimum absolute atomic E-state index is 0.149. The zero-order valence-corrected chi connectivity index (χ0v) is 17.1. The molecule has 0 spiro atoms. The van der Waals surface area contributed by atoms with Crippen molar-refractivity contribution in [2.75, 3.05) is 11.9 Å². The van der Waals surface area contributed by atoms with Gasteiger partial charge in [-0.1, -0.05) is 36.6 Å². The molecule has 0 saturated carbocycles. The predicted molar refractivity (Wildman–Crippen MR) is 111 cm³/mol. The van der Waals surface area contributed by atoms with Gasteiger partial charge in [0.15, 0.2) is 0 Å². The first-order valence-corrected chi connectivity index (χ1v) is 10.1. The van der Waals surface area contributed by atoms with E-state index in [9.17, 15) is 9.59 Å². The first-order valence-electron chi connectivity index (χ1n) is 9.76. The third-order valence-corrected chi connectivity index (χ3v) is 5.19. The highest BCUT2D eigenvalue weighted by Gasteiger charge is 2.26. The molecule has 1 unspecified atom stereocenters. The van der Waals surface area contributed by atoms with Gasteiger partial charge in [-0.25, -0.2) is 15.4 Å². The van der Waals surface area contributed by atoms with Crippen molar-refractivity contribution >= 4 is 29.4 Å². The van der Waals surface area contributed by atoms with E-state index < -0.39 is 11.8 Å². The number of hydrogen-bond acceptors (Lipinski definition) is 7. The Morgan fingerprint density at radius 3 is 2.83 bits per heavy atom. The van der Waals surface area contributed by atoms with Crippen LogP contribution in [0.15, 0.2) is 24.4 Å². The fraction of sp³-hybridized carbons (Fsp3) is 0.400. The number of nitrogens with two attached hydrogens (primary N) is 1. The Morgan fingerprint density at radius 2 is 2.07 bits per heavy atom. The van der Waals surface area contributed by atoms with Crippen LogP contribution in [0.5, 0.6) is 5.75 Å². The maximum Gasteiger partial charge on any atom is 0.252 e. The van der Waals surface area contributed by atoms with Crippen LogP contribution in [0.25, 0.3) is 0 Å². The van der Waals surface area contributed by atoms with Crippen molar-refractivity contribution < 1.29 is 19.5 Å². The largest absolute Gasteiger partial charge is 0.489 e. The van der Waals surface area contributed by atoms with E-state index in [4.69, 9.17) is 27.3 Å². The summed E-state index contributed by atoms with van der Waals surface area (Å²) in [5.74, 6) is 0.0744. The molecule has 9 nitrogen and oxygen atoms in total. The highest BCUT2D eigenvalue weighted by Crippen LogP contribution is 2.39. The first-order chi connectivity index (χ1) is 14.5. The molecule has 2 amide bonds. The molecule has 1 aliphatic rings. The number of benzene rings is 1. The molecule has 0 fully saturated rings. The van der Waals surface area contributed by atoms with Gasteiger partial charge in [-0.2, -0.15) is 0 Å². The van der Waals surface area contributed by atoms with Gasteiger partial charge in [-0.05, 0) is 25.3 Å². The van der Waals surface area contributed by atoms with Crippen LogP contribution < -0.4 is 21.3 Å². The summed E-state index contributed by atoms with van der Waals surface area (Å²) in [6.07, 6.45) is 5.41. The summed E-state index contributed by atoms with van der Waals surface area (Å²) < 4.78 is 5.67. The average molecular weight is 434 g/mol. The Kier molecular flexibility index (Phi) is 7.42. The number of aryl methyl sites for hydroxylation is 1. The second kappa shape index (κ2) is 10.2. The summed E-state index contributed by atoms with van der Waals surface area (Å²) in [4.78, 5) is 31.5. The van der Waals surface area contributed by atoms with Gasteiger partial charge in [0, 0.05) is 18.2 Å². The van der Waals surface area contributed by atoms with Crippen molar-refractivity contribution in [3.05, 3.63) is 46.2 Å². The van der Waals surface area contributed by atoms with Crippen LogP contribution in [0.3, 0.4) is 0 Å². The Balaban J connectivity index is 1.62. The molecule has 0 radical (unpaired) electrons. The molecule has 0 bridgehead atoms. The summed E-state index contributed by atoms with van der Waals surface area (Å²) in [6.45, 7) is 0.400. The van der Waals surface area contributed by atoms with Gasteiger partial charge in [-0.15, -0.1) is 0 Å². The van der Waals surface area contributed by atoms with Gasteiger partial charge in [-0.3, -0.25) is 14.8 Å². The number of nitrogens with one attached hydrogen (secondary N) is 2. The standard InChI is InChI=1S/C20H24ClN5O4/c21-14-7-5-6-12-16(11-30-18(12)14)25-20-23-10-13(19(22)28)15(24-20)8-3-1-2-4-9-17(27)26-29/h5-7,10,16,29H,1-4,8-9,11H2,(H2,22,28)(H,26,27)(H,23,24,25). The number of nitrogens with zero attached hydrogens (tertiary/aromatic N) is 2. The second-order valence-electron chi connectivity index (χ2n) is 7.03. The number of rotatable bonds is 10. The number of para-hydroxylation sites is 1. The lowest BCUT2D eigenvalue weighted by Crippen LogP contribution is -2.19. The Bertz CT molecular complexity index is 924. The molecular formula is C20H24ClN5O4. The van der Waals surface area contributed by atoms with Crippen molar-refractivity contribution in [3.63, 3.8) is 0 Å². The molecule has 30 heavy (non-hydrogen) atoms. The van der Waals surface area contributed by atoms with E-state index in [1.807, 2.05) is 12.1 Å². The van der Waals surface area contributed by atoms with E-state index in [0.29, 0.717) is 47.4 Å². The lowest BCUT2D eigenvalue weighted by atomic mass is 10.1. The van der Waals surface area contributed by atoms with Crippen molar-refractivity contribution in [3.8, 4) is 5.75 Å². The molecule has 1 aromatic heterocycles. The van der Waals surface area contributed by atoms with Gasteiger partial charge in [0.2, 0.25) is 11.9 Å². The molecule has 3 rings (SSSR count). The fourth-order valence-electron chi connectivity index (χ4n) is 3.35. The molecule has 160 valence electrons. The van der Waals surface area contributed by atoms with Crippen LogP contribution in [0.4, 0.5) is 5.95 Å². The van der Waals surface area contributed by atoms with Crippen LogP contribution in [0.1, 0.15) is 59.8 Å². The predicted octanol–water partition coefficient (Wildman–Crippen LogP) is 2.77. The third kappa shape index (κ3) is 5.37. The number of fused-ring (bicyclic) bond motifs is 1. The summed E-state index contributed by atoms with van der Waals surface area (Å²) in [7, 11) is 0. The molecular weight excluding hydrogens is 410 g/mol. The van der Waals surface area contributed by atoms with Crippen LogP contribution in [-0.4, -0.2) is 33.6 Å². The van der Waals surface area contributed by atoms with Crippen LogP contribution >= 0.6 is 11.6 Å². The number of amides is 2. The summed E-state index contributed by atoms with van der Waals surface area (Å²) in [6, 6.07) is 5.41. The first kappa shape index (κ1) is 21.8. The molecule has 1 aliphatic heterocycles. The van der Waals surface area contributed by atoms with E-state index in [2.05, 4.69) is 15.3 Å². The van der Waals surface area contributed by atoms with E-state index in [-0.39, 0.29) is 12.5 Å². The Hall–Kier alpha value is -2.91. The number of carbonyl (C=O) groups is 2. The van der Waals surface area contributed by atoms with E-state index >= 15 is 0 Å². The number of ether oxygens (including phenoxy) is 1. The topological polar surface area (TPSA) is 139 Å². The number of anilines is 1. The molecule has 1 atom stereocenters. The number of halogens is 1. The van der Waals surface area contributed by atoms with Gasteiger partial charge in [0.05, 0.1) is 22.3 Å². The summed E-state index contributed by atoms with van der Waals surface area (Å²) in [5, 5.41) is 12.3. The smallest absolute Gasteiger partial charge is 0.252 e. The van der Waals surface area contributed by atoms with Crippen LogP contribution in [0.2, 0.25) is 5.02 Å². The second-order valence-corrected chi connectivity index (χ2v) is 7.44. The number of hydroxylamine groups is 1. The maximum atomic E-state index is 11.7. The number of hydrogen-bond donors (Lipinski definition) is 4. The van der Waals surface area contributed by atoms with Gasteiger partial charge in [0.25, 0.3) is 5.91 Å². The molecule has 2 heterocycles. The minimum atomic E-state index is -0.572. The quantitative estimate of drug-likeness (QED) is 0.256. The minimum Gasteiger partial charge on any atom is -0.489 e. The van der Waals surface area contributed by atoms with Gasteiger partial charge < -0.3 is 15.8 Å². The zero-order valence-electron chi connectivity index (χ0n) is 16.4. The number of carbonyl (C=O) groups excluding carboxylic acids is 2. The number of primary amides is 1. The van der Waals surface area contributed by atoms with Crippen LogP contribution in [0, 0.1) is 0 Å². The Morgan fingerprint density at radius 1 is 1.27 bits per heavy atom. The van der Waals surface area contributed by atoms with Crippen molar-refractivity contribution in [2.45, 2.75) is 44.6 Å². The number of unbranched alkanes of at least 4 members (excludes halogenated alkanes) is 3. The average Bonchev–Trinajstić information content (AvgIpc) is 3.14. The normalized spacial score (nSPS) is 14.7. The van der Waals surface area contributed by atoms with E-state index in [1.54, 1.807) is 11.5 Å². The SMILES string of the molecule is NC(=O)c1cnc(NC2COc3c(Cl)cccc32)nc1CCCCCCC(=O)NO. The molecule has 10 heteroatoms. The zero-order chi connectivity index (χ0) is 21.5. The van der Waals surface area contributed by atoms with Crippen LogP contribution in [-0.2, 0) is 11.2 Å². The van der Waals surface area contributed by atoms with Crippen molar-refractivity contribution in [1.29, 1.82) is 0 Å². The molecule has 0 saturated heterocycles. The Labute approximate surface area is 178 Å². The molecule has 5 N–H and O–H groups in total. The highest BCUT2D eigenvalue weighted by atomic mass is 35.5. The number of aromatic nitrogens is 2. The maximum absolute atomic E-state index is 11.7. The molecule has 0 aliphatic carbocycles. The molecule has 1 aromatic carbocycles. The van der Waals surface area contributed by atoms with Gasteiger partial charge in [0.1, 0.15) is 12.4 Å². The van der Waals surface area contributed by atoms with E-state index in [1.165, 1.54) is 6.20 Å². The molecule has 2 aromatic rings. The van der Waals surface area contributed by atoms with Crippen molar-refractivity contribution in [1.82, 2.24) is 15.4 Å². The highest BCUT2D eigenvalue weighted by molar-refractivity contribution is 6.32. The lowest BCUT2D eigenvalue weighted by molar-refractivity contribution is -0.129.